The molecular weight excluding hydrogens is 919 g/mol. The molecule has 4 aromatic carbocycles. The lowest BCUT2D eigenvalue weighted by molar-refractivity contribution is 0.201. The molecule has 6 aromatic rings. The number of nitrogens with zero attached hydrogens (tertiary/aromatic N) is 5. The van der Waals surface area contributed by atoms with Crippen LogP contribution < -0.4 is 49.2 Å². The molecule has 2 heterocycles. The molecule has 0 unspecified atom stereocenters. The Hall–Kier alpha value is -6.59. The Morgan fingerprint density at radius 3 is 1.88 bits per heavy atom. The van der Waals surface area contributed by atoms with Crippen LogP contribution in [0, 0.1) is 12.7 Å². The van der Waals surface area contributed by atoms with Gasteiger partial charge in [-0.25, -0.2) is 31.2 Å². The summed E-state index contributed by atoms with van der Waals surface area (Å²) in [5.41, 5.74) is 1.39. The van der Waals surface area contributed by atoms with E-state index in [1.165, 1.54) is 75.1 Å². The van der Waals surface area contributed by atoms with E-state index < -0.39 is 31.7 Å². The van der Waals surface area contributed by atoms with Gasteiger partial charge in [0.05, 0.1) is 75.0 Å². The van der Waals surface area contributed by atoms with Crippen molar-refractivity contribution in [2.75, 3.05) is 77.0 Å². The molecule has 2 aromatic heterocycles. The SMILES string of the molecule is COc1ccc(Nc2nc(Nc3ccc(OCCO)cc3F)ncc2Cl)c(NS(=O)(=O)CN(c2cc(OC)ccc2Nc2nc(Nc3cccc(OC)c3C)ncc2Cl)S(C)(=O)=O)c1. The molecule has 0 aliphatic heterocycles. The molecule has 0 radical (unpaired) electrons. The zero-order valence-corrected chi connectivity index (χ0v) is 37.7. The van der Waals surface area contributed by atoms with Crippen LogP contribution in [-0.4, -0.2) is 88.6 Å². The van der Waals surface area contributed by atoms with Gasteiger partial charge in [-0.3, -0.25) is 9.03 Å². The summed E-state index contributed by atoms with van der Waals surface area (Å²) in [5.74, 6) is -0.485. The quantitative estimate of drug-likeness (QED) is 0.0433. The average Bonchev–Trinajstić information content (AvgIpc) is 3.26. The second kappa shape index (κ2) is 20.3. The van der Waals surface area contributed by atoms with Crippen molar-refractivity contribution in [2.24, 2.45) is 0 Å². The number of halogens is 3. The van der Waals surface area contributed by atoms with Crippen LogP contribution in [0.25, 0.3) is 0 Å². The van der Waals surface area contributed by atoms with Crippen molar-refractivity contribution in [1.82, 2.24) is 19.9 Å². The van der Waals surface area contributed by atoms with Gasteiger partial charge in [0.1, 0.15) is 45.5 Å². The number of anilines is 10. The topological polar surface area (TPSA) is 240 Å². The highest BCUT2D eigenvalue weighted by molar-refractivity contribution is 7.96. The number of rotatable bonds is 20. The molecule has 0 spiro atoms. The molecule has 64 heavy (non-hydrogen) atoms. The lowest BCUT2D eigenvalue weighted by Gasteiger charge is -2.26. The number of nitrogens with one attached hydrogen (secondary N) is 5. The fraction of sp³-hybridized carbons (Fsp3) is 0.200. The summed E-state index contributed by atoms with van der Waals surface area (Å²) in [6.45, 7) is 1.58. The molecule has 6 rings (SSSR count). The van der Waals surface area contributed by atoms with Crippen molar-refractivity contribution in [3.05, 3.63) is 107 Å². The minimum absolute atomic E-state index is 0.00579. The van der Waals surface area contributed by atoms with Gasteiger partial charge in [-0.1, -0.05) is 29.3 Å². The lowest BCUT2D eigenvalue weighted by Crippen LogP contribution is -2.37. The molecule has 24 heteroatoms. The van der Waals surface area contributed by atoms with Gasteiger partial charge >= 0.3 is 0 Å². The Bertz CT molecular complexity index is 2890. The Labute approximate surface area is 378 Å². The van der Waals surface area contributed by atoms with Crippen LogP contribution in [0.5, 0.6) is 23.0 Å². The standard InChI is InChI=1S/C40H41Cl2FN10O9S2/c1-23-30(7-6-8-36(23)61-4)48-39-44-21-28(42)38(51-39)47-33-14-10-25(60-3)19-35(33)53(63(5,55)56)22-64(57,58)52-34-18-24(59-2)9-13-32(34)46-37-27(41)20-45-40(50-37)49-31-12-11-26(17-29(31)43)62-16-15-54/h6-14,17-21,52,54H,15-16,22H2,1-5H3,(H2,44,47,48,51)(H2,45,46,49,50). The van der Waals surface area contributed by atoms with E-state index in [0.717, 1.165) is 17.9 Å². The van der Waals surface area contributed by atoms with Crippen LogP contribution in [-0.2, 0) is 20.0 Å². The van der Waals surface area contributed by atoms with Gasteiger partial charge in [-0.2, -0.15) is 9.97 Å². The molecular formula is C40H41Cl2FN10O9S2. The maximum atomic E-state index is 14.9. The number of benzene rings is 4. The highest BCUT2D eigenvalue weighted by Gasteiger charge is 2.29. The summed E-state index contributed by atoms with van der Waals surface area (Å²) >= 11 is 13.0. The molecule has 6 N–H and O–H groups in total. The molecule has 0 atom stereocenters. The summed E-state index contributed by atoms with van der Waals surface area (Å²) in [6, 6.07) is 18.1. The number of hydrogen-bond donors (Lipinski definition) is 6. The predicted molar refractivity (Wildman–Crippen MR) is 245 cm³/mol. The minimum atomic E-state index is -4.63. The number of aliphatic hydroxyl groups is 1. The van der Waals surface area contributed by atoms with Crippen LogP contribution >= 0.6 is 23.2 Å². The maximum absolute atomic E-state index is 14.9. The van der Waals surface area contributed by atoms with E-state index in [2.05, 4.69) is 45.9 Å². The van der Waals surface area contributed by atoms with E-state index in [-0.39, 0.29) is 92.5 Å². The molecule has 338 valence electrons. The van der Waals surface area contributed by atoms with E-state index in [9.17, 15) is 21.2 Å². The number of aromatic nitrogens is 4. The van der Waals surface area contributed by atoms with Crippen molar-refractivity contribution in [1.29, 1.82) is 0 Å². The molecule has 0 aliphatic carbocycles. The summed E-state index contributed by atoms with van der Waals surface area (Å²) in [4.78, 5) is 17.2. The van der Waals surface area contributed by atoms with E-state index in [1.807, 2.05) is 6.92 Å². The highest BCUT2D eigenvalue weighted by atomic mass is 35.5. The average molecular weight is 960 g/mol. The monoisotopic (exact) mass is 958 g/mol. The third-order valence-electron chi connectivity index (χ3n) is 8.95. The van der Waals surface area contributed by atoms with Gasteiger partial charge in [0.15, 0.2) is 17.5 Å². The van der Waals surface area contributed by atoms with Gasteiger partial charge in [-0.05, 0) is 55.5 Å². The van der Waals surface area contributed by atoms with Crippen LogP contribution in [0.1, 0.15) is 5.56 Å². The van der Waals surface area contributed by atoms with Gasteiger partial charge in [0.25, 0.3) is 10.0 Å². The summed E-state index contributed by atoms with van der Waals surface area (Å²) in [5, 5.41) is 20.9. The van der Waals surface area contributed by atoms with Gasteiger partial charge in [0, 0.05) is 29.4 Å². The Morgan fingerprint density at radius 2 is 1.28 bits per heavy atom. The summed E-state index contributed by atoms with van der Waals surface area (Å²) in [7, 11) is -4.72. The number of hydrogen-bond acceptors (Lipinski definition) is 17. The zero-order valence-electron chi connectivity index (χ0n) is 34.6. The zero-order chi connectivity index (χ0) is 46.2. The normalized spacial score (nSPS) is 11.3. The first kappa shape index (κ1) is 46.9. The maximum Gasteiger partial charge on any atom is 0.252 e. The van der Waals surface area contributed by atoms with E-state index in [0.29, 0.717) is 15.7 Å². The summed E-state index contributed by atoms with van der Waals surface area (Å²) < 4.78 is 94.7. The molecule has 0 bridgehead atoms. The number of aliphatic hydroxyl groups excluding tert-OH is 1. The highest BCUT2D eigenvalue weighted by Crippen LogP contribution is 2.38. The molecule has 0 saturated heterocycles. The number of methoxy groups -OCH3 is 3. The van der Waals surface area contributed by atoms with Crippen molar-refractivity contribution in [3.63, 3.8) is 0 Å². The second-order valence-corrected chi connectivity index (χ2v) is 17.8. The van der Waals surface area contributed by atoms with Gasteiger partial charge in [0.2, 0.25) is 21.9 Å². The molecule has 0 aliphatic rings. The van der Waals surface area contributed by atoms with Crippen LogP contribution in [0.3, 0.4) is 0 Å². The second-order valence-electron chi connectivity index (χ2n) is 13.4. The number of ether oxygens (including phenoxy) is 4. The van der Waals surface area contributed by atoms with E-state index in [4.69, 9.17) is 47.3 Å². The van der Waals surface area contributed by atoms with Gasteiger partial charge in [-0.15, -0.1) is 0 Å². The van der Waals surface area contributed by atoms with Crippen molar-refractivity contribution < 1.29 is 45.3 Å². The largest absolute Gasteiger partial charge is 0.497 e. The van der Waals surface area contributed by atoms with Crippen molar-refractivity contribution in [2.45, 2.75) is 6.92 Å². The van der Waals surface area contributed by atoms with Crippen LogP contribution in [0.15, 0.2) is 85.2 Å². The van der Waals surface area contributed by atoms with Crippen LogP contribution in [0.2, 0.25) is 10.0 Å². The van der Waals surface area contributed by atoms with Crippen molar-refractivity contribution in [3.8, 4) is 23.0 Å². The Balaban J connectivity index is 1.28. The first-order chi connectivity index (χ1) is 30.5. The molecule has 0 amide bonds. The lowest BCUT2D eigenvalue weighted by atomic mass is 10.2. The third kappa shape index (κ3) is 11.7. The molecule has 19 nitrogen and oxygen atoms in total. The Kier molecular flexibility index (Phi) is 14.9. The van der Waals surface area contributed by atoms with Crippen LogP contribution in [0.4, 0.5) is 62.0 Å². The van der Waals surface area contributed by atoms with Crippen molar-refractivity contribution >= 4 is 101 Å². The summed E-state index contributed by atoms with van der Waals surface area (Å²) in [6.07, 6.45) is 3.41. The Morgan fingerprint density at radius 1 is 0.703 bits per heavy atom. The van der Waals surface area contributed by atoms with Gasteiger partial charge < -0.3 is 45.3 Å². The fourth-order valence-corrected chi connectivity index (χ4v) is 8.82. The molecule has 0 fully saturated rings. The fourth-order valence-electron chi connectivity index (χ4n) is 5.84. The first-order valence-corrected chi connectivity index (χ1v) is 22.9. The van der Waals surface area contributed by atoms with E-state index in [1.54, 1.807) is 25.3 Å². The third-order valence-corrected chi connectivity index (χ3v) is 11.9. The first-order valence-electron chi connectivity index (χ1n) is 18.6. The minimum Gasteiger partial charge on any atom is -0.497 e. The van der Waals surface area contributed by atoms with E-state index >= 15 is 0 Å². The number of sulfonamides is 2. The predicted octanol–water partition coefficient (Wildman–Crippen LogP) is 7.56. The molecule has 0 saturated carbocycles. The smallest absolute Gasteiger partial charge is 0.252 e.